The number of benzene rings is 1. The van der Waals surface area contributed by atoms with Gasteiger partial charge in [-0.2, -0.15) is 0 Å². The van der Waals surface area contributed by atoms with Crippen LogP contribution in [0.5, 0.6) is 5.75 Å². The van der Waals surface area contributed by atoms with Gasteiger partial charge in [-0.05, 0) is 48.7 Å². The summed E-state index contributed by atoms with van der Waals surface area (Å²) in [7, 11) is -1.04. The fraction of sp³-hybridized carbons (Fsp3) is 0.350. The topological polar surface area (TPSA) is 96.9 Å². The number of piperidine rings is 1. The van der Waals surface area contributed by atoms with E-state index in [-0.39, 0.29) is 47.5 Å². The highest BCUT2D eigenvalue weighted by atomic mass is 32.2. The zero-order chi connectivity index (χ0) is 21.0. The molecule has 2 heterocycles. The summed E-state index contributed by atoms with van der Waals surface area (Å²) in [6, 6.07) is 7.98. The first-order valence-corrected chi connectivity index (χ1v) is 10.7. The zero-order valence-electron chi connectivity index (χ0n) is 16.4. The van der Waals surface area contributed by atoms with Crippen molar-refractivity contribution in [2.75, 3.05) is 25.6 Å². The van der Waals surface area contributed by atoms with Crippen molar-refractivity contribution >= 4 is 27.5 Å². The van der Waals surface area contributed by atoms with Gasteiger partial charge in [0.1, 0.15) is 10.6 Å². The van der Waals surface area contributed by atoms with Gasteiger partial charge in [0.15, 0.2) is 0 Å². The lowest BCUT2D eigenvalue weighted by molar-refractivity contribution is -0.129. The normalized spacial score (nSPS) is 15.1. The number of pyridine rings is 1. The Bertz CT molecular complexity index is 992. The molecule has 1 aromatic carbocycles. The highest BCUT2D eigenvalue weighted by Gasteiger charge is 2.31. The zero-order valence-corrected chi connectivity index (χ0v) is 17.2. The Balaban J connectivity index is 1.90. The number of sulfonamides is 1. The fourth-order valence-electron chi connectivity index (χ4n) is 3.17. The average molecular weight is 417 g/mol. The van der Waals surface area contributed by atoms with Crippen LogP contribution in [0, 0.1) is 0 Å². The molecule has 0 spiro atoms. The van der Waals surface area contributed by atoms with E-state index < -0.39 is 10.0 Å². The molecular weight excluding hydrogens is 394 g/mol. The van der Waals surface area contributed by atoms with E-state index in [0.717, 1.165) is 10.5 Å². The van der Waals surface area contributed by atoms with Crippen molar-refractivity contribution in [1.29, 1.82) is 0 Å². The van der Waals surface area contributed by atoms with E-state index in [1.165, 1.54) is 36.7 Å². The Hall–Kier alpha value is -2.78. The van der Waals surface area contributed by atoms with Crippen LogP contribution in [0.2, 0.25) is 0 Å². The lowest BCUT2D eigenvalue weighted by Gasteiger charge is -2.26. The van der Waals surface area contributed by atoms with Crippen molar-refractivity contribution in [1.82, 2.24) is 9.29 Å². The summed E-state index contributed by atoms with van der Waals surface area (Å²) in [6.07, 6.45) is 4.85. The number of anilines is 1. The minimum Gasteiger partial charge on any atom is -0.495 e. The maximum absolute atomic E-state index is 13.2. The van der Waals surface area contributed by atoms with Crippen molar-refractivity contribution in [3.63, 3.8) is 0 Å². The molecule has 29 heavy (non-hydrogen) atoms. The number of aromatic nitrogens is 1. The van der Waals surface area contributed by atoms with Crippen LogP contribution in [-0.4, -0.2) is 50.2 Å². The summed E-state index contributed by atoms with van der Waals surface area (Å²) in [5, 5.41) is 0. The van der Waals surface area contributed by atoms with Crippen LogP contribution < -0.4 is 9.64 Å². The molecule has 1 saturated heterocycles. The van der Waals surface area contributed by atoms with E-state index in [0.29, 0.717) is 12.8 Å². The minimum atomic E-state index is -3.90. The molecule has 0 saturated carbocycles. The second-order valence-electron chi connectivity index (χ2n) is 6.74. The number of rotatable bonds is 7. The average Bonchev–Trinajstić information content (AvgIpc) is 2.72. The van der Waals surface area contributed by atoms with Crippen LogP contribution in [0.25, 0.3) is 0 Å². The van der Waals surface area contributed by atoms with E-state index in [1.54, 1.807) is 12.4 Å². The Morgan fingerprint density at radius 3 is 2.38 bits per heavy atom. The molecule has 1 fully saturated rings. The molecule has 154 valence electrons. The Morgan fingerprint density at radius 1 is 1.10 bits per heavy atom. The van der Waals surface area contributed by atoms with Crippen molar-refractivity contribution < 1.29 is 22.7 Å². The lowest BCUT2D eigenvalue weighted by Crippen LogP contribution is -2.40. The number of nitrogens with zero attached hydrogens (tertiary/aromatic N) is 3. The predicted octanol–water partition coefficient (Wildman–Crippen LogP) is 2.00. The third kappa shape index (κ3) is 4.46. The number of hydrogen-bond donors (Lipinski definition) is 0. The van der Waals surface area contributed by atoms with Gasteiger partial charge in [-0.25, -0.2) is 12.7 Å². The molecule has 0 aliphatic carbocycles. The molecular formula is C20H23N3O5S. The molecule has 3 rings (SSSR count). The van der Waals surface area contributed by atoms with E-state index >= 15 is 0 Å². The van der Waals surface area contributed by atoms with Crippen molar-refractivity contribution in [3.8, 4) is 5.75 Å². The summed E-state index contributed by atoms with van der Waals surface area (Å²) in [5.74, 6) is -0.511. The molecule has 9 heteroatoms. The second kappa shape index (κ2) is 8.71. The van der Waals surface area contributed by atoms with Gasteiger partial charge in [-0.15, -0.1) is 0 Å². The number of likely N-dealkylation sites (N-methyl/N-ethyl adjacent to an activating group) is 1. The summed E-state index contributed by atoms with van der Waals surface area (Å²) in [6.45, 7) is 0.251. The predicted molar refractivity (Wildman–Crippen MR) is 107 cm³/mol. The highest BCUT2D eigenvalue weighted by molar-refractivity contribution is 7.89. The monoisotopic (exact) mass is 417 g/mol. The third-order valence-corrected chi connectivity index (χ3v) is 6.72. The standard InChI is InChI=1S/C20H23N3O5S/c1-22(13-10-15-8-11-21-12-9-15)29(26,27)18-14-16(6-7-17(18)28-2)23-19(24)4-3-5-20(23)25/h6-9,11-12,14H,3-5,10,13H2,1-2H3. The maximum atomic E-state index is 13.2. The van der Waals surface area contributed by atoms with Gasteiger partial charge in [-0.3, -0.25) is 19.5 Å². The fourth-order valence-corrected chi connectivity index (χ4v) is 4.51. The molecule has 1 aliphatic rings. The summed E-state index contributed by atoms with van der Waals surface area (Å²) in [5.41, 5.74) is 1.20. The van der Waals surface area contributed by atoms with Crippen LogP contribution in [0.3, 0.4) is 0 Å². The number of amides is 2. The highest BCUT2D eigenvalue weighted by Crippen LogP contribution is 2.32. The minimum absolute atomic E-state index is 0.0825. The maximum Gasteiger partial charge on any atom is 0.246 e. The largest absolute Gasteiger partial charge is 0.495 e. The van der Waals surface area contributed by atoms with E-state index in [9.17, 15) is 18.0 Å². The van der Waals surface area contributed by atoms with Gasteiger partial charge < -0.3 is 4.74 Å². The molecule has 8 nitrogen and oxygen atoms in total. The number of hydrogen-bond acceptors (Lipinski definition) is 6. The van der Waals surface area contributed by atoms with Crippen LogP contribution in [0.1, 0.15) is 24.8 Å². The molecule has 0 radical (unpaired) electrons. The van der Waals surface area contributed by atoms with Crippen LogP contribution in [-0.2, 0) is 26.0 Å². The van der Waals surface area contributed by atoms with Crippen LogP contribution >= 0.6 is 0 Å². The molecule has 0 unspecified atom stereocenters. The Kier molecular flexibility index (Phi) is 6.29. The van der Waals surface area contributed by atoms with Gasteiger partial charge in [0.25, 0.3) is 0 Å². The number of ether oxygens (including phenoxy) is 1. The van der Waals surface area contributed by atoms with Gasteiger partial charge in [-0.1, -0.05) is 0 Å². The third-order valence-electron chi connectivity index (χ3n) is 4.84. The molecule has 0 atom stereocenters. The molecule has 1 aliphatic heterocycles. The lowest BCUT2D eigenvalue weighted by atomic mass is 10.1. The second-order valence-corrected chi connectivity index (χ2v) is 8.76. The van der Waals surface area contributed by atoms with Gasteiger partial charge in [0, 0.05) is 38.8 Å². The SMILES string of the molecule is COc1ccc(N2C(=O)CCCC2=O)cc1S(=O)(=O)N(C)CCc1ccncc1. The molecule has 2 aromatic rings. The van der Waals surface area contributed by atoms with E-state index in [4.69, 9.17) is 4.74 Å². The van der Waals surface area contributed by atoms with Crippen molar-refractivity contribution in [2.45, 2.75) is 30.6 Å². The smallest absolute Gasteiger partial charge is 0.246 e. The number of imide groups is 1. The summed E-state index contributed by atoms with van der Waals surface area (Å²) in [4.78, 5) is 29.4. The number of carbonyl (C=O) groups is 2. The van der Waals surface area contributed by atoms with Gasteiger partial charge in [0.05, 0.1) is 12.8 Å². The van der Waals surface area contributed by atoms with Crippen molar-refractivity contribution in [3.05, 3.63) is 48.3 Å². The first kappa shape index (κ1) is 20.9. The van der Waals surface area contributed by atoms with Gasteiger partial charge >= 0.3 is 0 Å². The molecule has 0 bridgehead atoms. The van der Waals surface area contributed by atoms with Crippen LogP contribution in [0.15, 0.2) is 47.6 Å². The van der Waals surface area contributed by atoms with Crippen LogP contribution in [0.4, 0.5) is 5.69 Å². The molecule has 1 aromatic heterocycles. The first-order chi connectivity index (χ1) is 13.8. The molecule has 2 amide bonds. The first-order valence-electron chi connectivity index (χ1n) is 9.23. The summed E-state index contributed by atoms with van der Waals surface area (Å²) < 4.78 is 32.8. The Labute approximate surface area is 170 Å². The quantitative estimate of drug-likeness (QED) is 0.639. The van der Waals surface area contributed by atoms with Gasteiger partial charge in [0.2, 0.25) is 21.8 Å². The van der Waals surface area contributed by atoms with Crippen molar-refractivity contribution in [2.24, 2.45) is 0 Å². The van der Waals surface area contributed by atoms with E-state index in [1.807, 2.05) is 12.1 Å². The number of carbonyl (C=O) groups excluding carboxylic acids is 2. The van der Waals surface area contributed by atoms with E-state index in [2.05, 4.69) is 4.98 Å². The number of methoxy groups -OCH3 is 1. The molecule has 0 N–H and O–H groups in total. The summed E-state index contributed by atoms with van der Waals surface area (Å²) >= 11 is 0. The Morgan fingerprint density at radius 2 is 1.76 bits per heavy atom.